The third kappa shape index (κ3) is 8.69. The van der Waals surface area contributed by atoms with Gasteiger partial charge in [0.15, 0.2) is 12.1 Å². The molecule has 7 atom stereocenters. The number of hydrogen-bond acceptors (Lipinski definition) is 13. The Morgan fingerprint density at radius 1 is 1.09 bits per heavy atom. The van der Waals surface area contributed by atoms with Crippen molar-refractivity contribution in [2.75, 3.05) is 32.0 Å². The molecule has 1 fully saturated rings. The fourth-order valence-electron chi connectivity index (χ4n) is 7.26. The summed E-state index contributed by atoms with van der Waals surface area (Å²) in [5, 5.41) is 53.7. The number of aliphatic hydroxyl groups is 2. The van der Waals surface area contributed by atoms with Gasteiger partial charge < -0.3 is 44.9 Å². The van der Waals surface area contributed by atoms with Gasteiger partial charge >= 0.3 is 7.67 Å². The first-order chi connectivity index (χ1) is 26.6. The molecule has 6 rings (SSSR count). The van der Waals surface area contributed by atoms with Gasteiger partial charge in [-0.15, -0.1) is 35.6 Å². The summed E-state index contributed by atoms with van der Waals surface area (Å²) >= 11 is 15.5. The Balaban J connectivity index is 0.00000620. The third-order valence-electron chi connectivity index (χ3n) is 10.3. The first-order valence-corrected chi connectivity index (χ1v) is 21.1. The average molecular weight is 937 g/mol. The third-order valence-corrected chi connectivity index (χ3v) is 13.1. The highest BCUT2D eigenvalue weighted by Crippen LogP contribution is 2.53. The van der Waals surface area contributed by atoms with Crippen molar-refractivity contribution in [2.45, 2.75) is 69.4 Å². The minimum absolute atomic E-state index is 0. The van der Waals surface area contributed by atoms with Crippen LogP contribution in [0, 0.1) is 0 Å². The molecule has 15 nitrogen and oxygen atoms in total. The van der Waals surface area contributed by atoms with Crippen LogP contribution in [0.25, 0.3) is 0 Å². The molecule has 7 N–H and O–H groups in total. The molecule has 3 aromatic carbocycles. The fraction of sp³-hybridized carbons (Fsp3) is 0.432. The molecular weight excluding hydrogens is 894 g/mol. The number of fused-ring (bicyclic) bond motifs is 3. The molecule has 310 valence electrons. The first kappa shape index (κ1) is 45.1. The number of ether oxygens (including phenoxy) is 3. The number of nitrogens with two attached hydrogens (primary N) is 1. The number of nitrogens with zero attached hydrogens (tertiary/aromatic N) is 2. The summed E-state index contributed by atoms with van der Waals surface area (Å²) in [6, 6.07) is 10.3. The normalized spacial score (nSPS) is 25.4. The number of halogens is 4. The van der Waals surface area contributed by atoms with Crippen molar-refractivity contribution >= 4 is 76.5 Å². The smallest absolute Gasteiger partial charge is 0.435 e. The van der Waals surface area contributed by atoms with Gasteiger partial charge in [0.05, 0.1) is 47.8 Å². The lowest BCUT2D eigenvalue weighted by atomic mass is 9.72. The number of carbonyl (C=O) groups excluding carboxylic acids is 2. The SMILES string of the molecule is COc1cccc2c1C(=O)c1c(O)c3c(c(O)c1C2=O)C[C@@](O)(C(C)=NNP(=O)(Oc1ccc(Br)cc1)N(CCCl)CCCl)C[C@@H]3O[C@H]1C[C@H](N)[C@H](O)[C@H](C)O1.Cl. The maximum Gasteiger partial charge on any atom is 0.435 e. The van der Waals surface area contributed by atoms with Crippen LogP contribution in [-0.4, -0.2) is 104 Å². The number of aliphatic hydroxyl groups excluding tert-OH is 1. The molecule has 0 amide bonds. The summed E-state index contributed by atoms with van der Waals surface area (Å²) < 4.78 is 40.4. The highest BCUT2D eigenvalue weighted by atomic mass is 79.9. The molecular formula is C37H43BrCl3N4O11P. The second-order valence-corrected chi connectivity index (χ2v) is 17.4. The lowest BCUT2D eigenvalue weighted by Crippen LogP contribution is -2.52. The summed E-state index contributed by atoms with van der Waals surface area (Å²) in [5.41, 5.74) is 2.91. The van der Waals surface area contributed by atoms with Crippen molar-refractivity contribution in [1.82, 2.24) is 9.87 Å². The lowest BCUT2D eigenvalue weighted by Gasteiger charge is -2.43. The molecule has 2 aliphatic carbocycles. The van der Waals surface area contributed by atoms with Crippen LogP contribution < -0.4 is 20.2 Å². The van der Waals surface area contributed by atoms with Crippen LogP contribution in [-0.2, 0) is 20.5 Å². The molecule has 0 saturated carbocycles. The highest BCUT2D eigenvalue weighted by Gasteiger charge is 2.49. The van der Waals surface area contributed by atoms with Gasteiger partial charge in [-0.05, 0) is 44.2 Å². The number of phenols is 2. The number of alkyl halides is 2. The Hall–Kier alpha value is -2.99. The van der Waals surface area contributed by atoms with Crippen LogP contribution in [0.5, 0.6) is 23.0 Å². The zero-order chi connectivity index (χ0) is 40.7. The molecule has 1 saturated heterocycles. The predicted octanol–water partition coefficient (Wildman–Crippen LogP) is 5.56. The molecule has 3 aliphatic rings. The van der Waals surface area contributed by atoms with Crippen molar-refractivity contribution in [1.29, 1.82) is 0 Å². The number of rotatable bonds is 13. The van der Waals surface area contributed by atoms with E-state index in [4.69, 9.17) is 47.7 Å². The van der Waals surface area contributed by atoms with E-state index in [1.807, 2.05) is 0 Å². The van der Waals surface area contributed by atoms with E-state index >= 15 is 0 Å². The fourth-order valence-corrected chi connectivity index (χ4v) is 9.86. The van der Waals surface area contributed by atoms with Gasteiger partial charge in [0, 0.05) is 71.3 Å². The summed E-state index contributed by atoms with van der Waals surface area (Å²) in [6.45, 7) is 3.24. The van der Waals surface area contributed by atoms with E-state index in [-0.39, 0.29) is 89.6 Å². The van der Waals surface area contributed by atoms with Gasteiger partial charge in [-0.25, -0.2) is 14.4 Å². The number of hydrogen-bond donors (Lipinski definition) is 6. The standard InChI is InChI=1S/C37H42BrCl2N4O11P.ClH/c1-18-32(45)24(41)15-27(53-18)54-26-17-37(50,19(2)42-43-56(51,44(13-11-39)14-12-40)55-21-9-7-20(38)8-10-21)16-23-29(26)36(49)31-30(34(23)47)33(46)22-5-4-6-25(52-3)28(22)35(31)48;/h4-10,18,24,26-27,32,45,47,49-50H,11-17,41H2,1-3H3,(H,43,51);1H/t18-,24-,26-,27-,32+,37-,56?;/m0./s1. The van der Waals surface area contributed by atoms with Crippen LogP contribution in [0.1, 0.15) is 75.8 Å². The predicted molar refractivity (Wildman–Crippen MR) is 219 cm³/mol. The number of hydrazone groups is 1. The molecule has 57 heavy (non-hydrogen) atoms. The van der Waals surface area contributed by atoms with E-state index in [2.05, 4.69) is 26.2 Å². The number of ketones is 2. The Morgan fingerprint density at radius 3 is 2.35 bits per heavy atom. The van der Waals surface area contributed by atoms with E-state index in [9.17, 15) is 34.6 Å². The molecule has 1 heterocycles. The summed E-state index contributed by atoms with van der Waals surface area (Å²) in [7, 11) is -2.78. The van der Waals surface area contributed by atoms with Crippen molar-refractivity contribution < 1.29 is 53.3 Å². The zero-order valence-corrected chi connectivity index (χ0v) is 35.8. The largest absolute Gasteiger partial charge is 0.507 e. The maximum atomic E-state index is 14.6. The highest BCUT2D eigenvalue weighted by molar-refractivity contribution is 9.10. The van der Waals surface area contributed by atoms with Crippen LogP contribution in [0.2, 0.25) is 0 Å². The molecule has 1 unspecified atom stereocenters. The van der Waals surface area contributed by atoms with Crippen molar-refractivity contribution in [3.8, 4) is 23.0 Å². The van der Waals surface area contributed by atoms with Crippen LogP contribution in [0.15, 0.2) is 52.0 Å². The van der Waals surface area contributed by atoms with Crippen molar-refractivity contribution in [3.63, 3.8) is 0 Å². The van der Waals surface area contributed by atoms with E-state index in [1.165, 1.54) is 36.9 Å². The summed E-state index contributed by atoms with van der Waals surface area (Å²) in [6.07, 6.45) is -4.92. The molecule has 0 bridgehead atoms. The topological polar surface area (TPSA) is 223 Å². The Kier molecular flexibility index (Phi) is 14.3. The minimum Gasteiger partial charge on any atom is -0.507 e. The molecule has 0 radical (unpaired) electrons. The molecule has 0 aromatic heterocycles. The number of benzene rings is 3. The van der Waals surface area contributed by atoms with Gasteiger partial charge in [0.1, 0.15) is 28.6 Å². The molecule has 3 aromatic rings. The monoisotopic (exact) mass is 934 g/mol. The zero-order valence-electron chi connectivity index (χ0n) is 31.0. The van der Waals surface area contributed by atoms with Crippen LogP contribution >= 0.6 is 59.2 Å². The average Bonchev–Trinajstić information content (AvgIpc) is 3.16. The maximum absolute atomic E-state index is 14.6. The van der Waals surface area contributed by atoms with E-state index in [1.54, 1.807) is 31.2 Å². The molecule has 20 heteroatoms. The number of carbonyl (C=O) groups is 2. The van der Waals surface area contributed by atoms with Gasteiger partial charge in [-0.3, -0.25) is 9.59 Å². The Bertz CT molecular complexity index is 2080. The van der Waals surface area contributed by atoms with Gasteiger partial charge in [-0.2, -0.15) is 5.10 Å². The Labute approximate surface area is 353 Å². The second-order valence-electron chi connectivity index (χ2n) is 13.8. The summed E-state index contributed by atoms with van der Waals surface area (Å²) in [5.74, 6) is -2.34. The second kappa shape index (κ2) is 18.1. The molecule has 1 aliphatic heterocycles. The van der Waals surface area contributed by atoms with E-state index in [0.29, 0.717) is 0 Å². The van der Waals surface area contributed by atoms with Gasteiger partial charge in [-0.1, -0.05) is 28.1 Å². The van der Waals surface area contributed by atoms with Crippen molar-refractivity contribution in [3.05, 3.63) is 80.3 Å². The Morgan fingerprint density at radius 2 is 1.74 bits per heavy atom. The van der Waals surface area contributed by atoms with E-state index < -0.39 is 84.5 Å². The number of nitrogens with one attached hydrogen (secondary N) is 1. The van der Waals surface area contributed by atoms with Gasteiger partial charge in [0.25, 0.3) is 0 Å². The van der Waals surface area contributed by atoms with Crippen molar-refractivity contribution in [2.24, 2.45) is 10.8 Å². The van der Waals surface area contributed by atoms with Gasteiger partial charge in [0.2, 0.25) is 5.78 Å². The number of aromatic hydroxyl groups is 2. The van der Waals surface area contributed by atoms with Crippen LogP contribution in [0.4, 0.5) is 0 Å². The summed E-state index contributed by atoms with van der Waals surface area (Å²) in [4.78, 5) is 28.1. The first-order valence-electron chi connectivity index (χ1n) is 17.7. The quantitative estimate of drug-likeness (QED) is 0.0318. The molecule has 0 spiro atoms. The number of methoxy groups -OCH3 is 1. The minimum atomic E-state index is -4.12. The lowest BCUT2D eigenvalue weighted by molar-refractivity contribution is -0.245. The van der Waals surface area contributed by atoms with Crippen LogP contribution in [0.3, 0.4) is 0 Å². The van der Waals surface area contributed by atoms with E-state index in [0.717, 1.165) is 4.47 Å². The number of phenolic OH excluding ortho intramolecular Hbond substituents is 2.